The first kappa shape index (κ1) is 21.8. The topological polar surface area (TPSA) is 121 Å². The fourth-order valence-corrected chi connectivity index (χ4v) is 2.80. The number of ether oxygens (including phenoxy) is 2. The Balaban J connectivity index is 1.80. The van der Waals surface area contributed by atoms with Gasteiger partial charge in [-0.3, -0.25) is 20.3 Å². The predicted octanol–water partition coefficient (Wildman–Crippen LogP) is 3.65. The Morgan fingerprint density at radius 1 is 1.29 bits per heavy atom. The lowest BCUT2D eigenvalue weighted by Crippen LogP contribution is -2.22. The van der Waals surface area contributed by atoms with E-state index in [4.69, 9.17) is 21.1 Å². The van der Waals surface area contributed by atoms with Crippen LogP contribution >= 0.6 is 11.6 Å². The van der Waals surface area contributed by atoms with Gasteiger partial charge in [0.1, 0.15) is 16.5 Å². The highest BCUT2D eigenvalue weighted by atomic mass is 35.5. The van der Waals surface area contributed by atoms with Crippen LogP contribution in [0.15, 0.2) is 58.6 Å². The van der Waals surface area contributed by atoms with Crippen LogP contribution in [0.1, 0.15) is 12.5 Å². The van der Waals surface area contributed by atoms with Crippen LogP contribution in [0.4, 0.5) is 11.4 Å². The molecule has 10 nitrogen and oxygen atoms in total. The molecule has 3 rings (SSSR count). The van der Waals surface area contributed by atoms with Gasteiger partial charge in [-0.1, -0.05) is 11.6 Å². The van der Waals surface area contributed by atoms with E-state index in [-0.39, 0.29) is 22.1 Å². The number of hydrogen-bond donors (Lipinski definition) is 1. The highest BCUT2D eigenvalue weighted by Gasteiger charge is 2.15. The van der Waals surface area contributed by atoms with Gasteiger partial charge >= 0.3 is 5.69 Å². The number of hydrazone groups is 1. The number of rotatable bonds is 8. The monoisotopic (exact) mass is 443 g/mol. The molecule has 1 aromatic heterocycles. The maximum Gasteiger partial charge on any atom is 0.311 e. The molecule has 31 heavy (non-hydrogen) atoms. The minimum Gasteiger partial charge on any atom is -0.497 e. The smallest absolute Gasteiger partial charge is 0.311 e. The van der Waals surface area contributed by atoms with Gasteiger partial charge in [-0.2, -0.15) is 14.9 Å². The average molecular weight is 444 g/mol. The Kier molecular flexibility index (Phi) is 6.83. The van der Waals surface area contributed by atoms with Gasteiger partial charge in [0.15, 0.2) is 5.75 Å². The molecule has 0 amide bonds. The largest absolute Gasteiger partial charge is 0.497 e. The number of nitro benzene ring substituents is 1. The number of nitro groups is 1. The van der Waals surface area contributed by atoms with Crippen molar-refractivity contribution in [2.24, 2.45) is 5.10 Å². The zero-order valence-electron chi connectivity index (χ0n) is 16.6. The first-order chi connectivity index (χ1) is 14.9. The predicted molar refractivity (Wildman–Crippen MR) is 117 cm³/mol. The maximum atomic E-state index is 12.6. The van der Waals surface area contributed by atoms with E-state index in [1.807, 2.05) is 0 Å². The van der Waals surface area contributed by atoms with Crippen molar-refractivity contribution in [1.82, 2.24) is 9.78 Å². The molecule has 0 aliphatic rings. The second kappa shape index (κ2) is 9.72. The fraction of sp³-hybridized carbons (Fsp3) is 0.150. The van der Waals surface area contributed by atoms with E-state index in [0.29, 0.717) is 23.6 Å². The van der Waals surface area contributed by atoms with Crippen LogP contribution in [-0.2, 0) is 0 Å². The van der Waals surface area contributed by atoms with Gasteiger partial charge < -0.3 is 9.47 Å². The number of methoxy groups -OCH3 is 1. The van der Waals surface area contributed by atoms with Crippen molar-refractivity contribution in [1.29, 1.82) is 0 Å². The second-order valence-electron chi connectivity index (χ2n) is 6.07. The minimum absolute atomic E-state index is 0.111. The lowest BCUT2D eigenvalue weighted by atomic mass is 10.2. The van der Waals surface area contributed by atoms with Gasteiger partial charge in [-0.05, 0) is 43.3 Å². The van der Waals surface area contributed by atoms with Crippen molar-refractivity contribution in [3.63, 3.8) is 0 Å². The molecule has 3 aromatic rings. The summed E-state index contributed by atoms with van der Waals surface area (Å²) < 4.78 is 11.5. The van der Waals surface area contributed by atoms with Crippen LogP contribution in [0.2, 0.25) is 5.02 Å². The molecular formula is C20H18ClN5O5. The van der Waals surface area contributed by atoms with E-state index in [1.54, 1.807) is 44.4 Å². The summed E-state index contributed by atoms with van der Waals surface area (Å²) in [5.41, 5.74) is 3.08. The van der Waals surface area contributed by atoms with Crippen LogP contribution in [0.5, 0.6) is 11.5 Å². The summed E-state index contributed by atoms with van der Waals surface area (Å²) in [6, 6.07) is 11.2. The molecule has 0 bridgehead atoms. The van der Waals surface area contributed by atoms with Crippen LogP contribution < -0.4 is 20.5 Å². The second-order valence-corrected chi connectivity index (χ2v) is 6.45. The van der Waals surface area contributed by atoms with Gasteiger partial charge in [0.05, 0.1) is 36.7 Å². The number of aromatic nitrogens is 2. The lowest BCUT2D eigenvalue weighted by molar-refractivity contribution is -0.385. The SMILES string of the molecule is CCOc1ccc(/C=N\Nc2cnn(-c3ccc(OC)cc3)c(=O)c2Cl)cc1[N+](=O)[O-]. The molecule has 1 N–H and O–H groups in total. The maximum absolute atomic E-state index is 12.6. The Morgan fingerprint density at radius 2 is 2.03 bits per heavy atom. The van der Waals surface area contributed by atoms with Gasteiger partial charge in [0, 0.05) is 11.6 Å². The standard InChI is InChI=1S/C20H18ClN5O5/c1-3-31-18-9-4-13(10-17(18)26(28)29)11-22-24-16-12-23-25(20(27)19(16)21)14-5-7-15(30-2)8-6-14/h4-12,24H,3H2,1-2H3/b22-11-. The molecule has 0 fully saturated rings. The third kappa shape index (κ3) is 4.98. The zero-order valence-corrected chi connectivity index (χ0v) is 17.4. The molecule has 1 heterocycles. The number of anilines is 1. The third-order valence-electron chi connectivity index (χ3n) is 4.11. The summed E-state index contributed by atoms with van der Waals surface area (Å²) in [4.78, 5) is 23.2. The van der Waals surface area contributed by atoms with Crippen molar-refractivity contribution >= 4 is 29.2 Å². The molecule has 0 atom stereocenters. The van der Waals surface area contributed by atoms with E-state index in [9.17, 15) is 14.9 Å². The third-order valence-corrected chi connectivity index (χ3v) is 4.48. The van der Waals surface area contributed by atoms with Gasteiger partial charge in [0.25, 0.3) is 5.56 Å². The molecule has 11 heteroatoms. The number of benzene rings is 2. The fourth-order valence-electron chi connectivity index (χ4n) is 2.63. The van der Waals surface area contributed by atoms with Crippen molar-refractivity contribution in [2.75, 3.05) is 19.1 Å². The van der Waals surface area contributed by atoms with Crippen LogP contribution in [-0.4, -0.2) is 34.6 Å². The van der Waals surface area contributed by atoms with Crippen LogP contribution in [0.25, 0.3) is 5.69 Å². The van der Waals surface area contributed by atoms with Crippen LogP contribution in [0.3, 0.4) is 0 Å². The summed E-state index contributed by atoms with van der Waals surface area (Å²) >= 11 is 6.17. The van der Waals surface area contributed by atoms with Gasteiger partial charge in [-0.25, -0.2) is 0 Å². The number of hydrogen-bond acceptors (Lipinski definition) is 8. The summed E-state index contributed by atoms with van der Waals surface area (Å²) in [6.07, 6.45) is 2.71. The normalized spacial score (nSPS) is 10.8. The average Bonchev–Trinajstić information content (AvgIpc) is 2.78. The Morgan fingerprint density at radius 3 is 2.68 bits per heavy atom. The molecule has 0 radical (unpaired) electrons. The zero-order chi connectivity index (χ0) is 22.4. The molecule has 0 unspecified atom stereocenters. The lowest BCUT2D eigenvalue weighted by Gasteiger charge is -2.08. The first-order valence-electron chi connectivity index (χ1n) is 9.07. The van der Waals surface area contributed by atoms with Gasteiger partial charge in [-0.15, -0.1) is 0 Å². The minimum atomic E-state index is -0.538. The molecule has 0 saturated heterocycles. The first-order valence-corrected chi connectivity index (χ1v) is 9.45. The van der Waals surface area contributed by atoms with Crippen molar-refractivity contribution < 1.29 is 14.4 Å². The Hall–Kier alpha value is -3.92. The Bertz CT molecular complexity index is 1180. The molecular weight excluding hydrogens is 426 g/mol. The molecule has 0 spiro atoms. The van der Waals surface area contributed by atoms with Crippen molar-refractivity contribution in [3.05, 3.63) is 79.7 Å². The van der Waals surface area contributed by atoms with Crippen molar-refractivity contribution in [2.45, 2.75) is 6.92 Å². The van der Waals surface area contributed by atoms with Crippen molar-refractivity contribution in [3.8, 4) is 17.2 Å². The van der Waals surface area contributed by atoms with Gasteiger partial charge in [0.2, 0.25) is 0 Å². The molecule has 0 saturated carbocycles. The van der Waals surface area contributed by atoms with E-state index >= 15 is 0 Å². The summed E-state index contributed by atoms with van der Waals surface area (Å²) in [7, 11) is 1.54. The van der Waals surface area contributed by atoms with E-state index < -0.39 is 10.5 Å². The molecule has 0 aliphatic carbocycles. The van der Waals surface area contributed by atoms with E-state index in [1.165, 1.54) is 24.5 Å². The molecule has 0 aliphatic heterocycles. The summed E-state index contributed by atoms with van der Waals surface area (Å²) in [5.74, 6) is 0.817. The molecule has 160 valence electrons. The number of halogens is 1. The highest BCUT2D eigenvalue weighted by Crippen LogP contribution is 2.27. The number of nitrogens with zero attached hydrogens (tertiary/aromatic N) is 4. The Labute approximate surface area is 181 Å². The highest BCUT2D eigenvalue weighted by molar-refractivity contribution is 6.32. The summed E-state index contributed by atoms with van der Waals surface area (Å²) in [6.45, 7) is 2.05. The quantitative estimate of drug-likeness (QED) is 0.320. The van der Waals surface area contributed by atoms with Crippen LogP contribution in [0, 0.1) is 10.1 Å². The van der Waals surface area contributed by atoms with E-state index in [2.05, 4.69) is 15.6 Å². The summed E-state index contributed by atoms with van der Waals surface area (Å²) in [5, 5.41) is 19.2. The molecule has 2 aromatic carbocycles. The number of nitrogens with one attached hydrogen (secondary N) is 1. The van der Waals surface area contributed by atoms with E-state index in [0.717, 1.165) is 4.68 Å².